The van der Waals surface area contributed by atoms with E-state index in [0.717, 1.165) is 0 Å². The molecule has 1 amide bonds. The molecule has 4 rings (SSSR count). The number of amides is 1. The first-order valence-electron chi connectivity index (χ1n) is 10.1. The molecule has 9 heteroatoms. The lowest BCUT2D eigenvalue weighted by molar-refractivity contribution is -0.119. The van der Waals surface area contributed by atoms with Crippen molar-refractivity contribution in [1.82, 2.24) is 9.03 Å². The second-order valence-corrected chi connectivity index (χ2v) is 9.96. The minimum atomic E-state index is -3.84. The van der Waals surface area contributed by atoms with Gasteiger partial charge in [-0.3, -0.25) is 4.79 Å². The van der Waals surface area contributed by atoms with E-state index in [1.807, 2.05) is 24.3 Å². The van der Waals surface area contributed by atoms with Crippen LogP contribution >= 0.6 is 0 Å². The van der Waals surface area contributed by atoms with Crippen molar-refractivity contribution in [2.45, 2.75) is 31.9 Å². The smallest absolute Gasteiger partial charge is 0.279 e. The fourth-order valence-corrected chi connectivity index (χ4v) is 6.03. The molecule has 1 aliphatic heterocycles. The zero-order chi connectivity index (χ0) is 21.5. The van der Waals surface area contributed by atoms with Crippen molar-refractivity contribution in [3.05, 3.63) is 53.9 Å². The molecule has 0 radical (unpaired) electrons. The number of fused-ring (bicyclic) bond motifs is 1. The lowest BCUT2D eigenvalue weighted by Gasteiger charge is -2.26. The van der Waals surface area contributed by atoms with Crippen molar-refractivity contribution in [3.8, 4) is 0 Å². The SMILES string of the molecule is Cc1cc(NC(=O)C2CCN(S(=O)(=O)NC3C(O)CC4C=CC=CC43)C2)ccc1F. The van der Waals surface area contributed by atoms with E-state index < -0.39 is 28.3 Å². The van der Waals surface area contributed by atoms with Crippen LogP contribution in [0.5, 0.6) is 0 Å². The van der Waals surface area contributed by atoms with Crippen LogP contribution in [-0.2, 0) is 15.0 Å². The zero-order valence-electron chi connectivity index (χ0n) is 16.7. The number of hydrogen-bond acceptors (Lipinski definition) is 4. The second kappa shape index (κ2) is 8.22. The zero-order valence-corrected chi connectivity index (χ0v) is 17.5. The van der Waals surface area contributed by atoms with Crippen LogP contribution in [0.1, 0.15) is 18.4 Å². The molecule has 5 atom stereocenters. The van der Waals surface area contributed by atoms with Crippen molar-refractivity contribution in [2.24, 2.45) is 17.8 Å². The average molecular weight is 436 g/mol. The molecule has 2 aliphatic carbocycles. The number of anilines is 1. The van der Waals surface area contributed by atoms with Gasteiger partial charge in [0, 0.05) is 24.7 Å². The van der Waals surface area contributed by atoms with Crippen LogP contribution in [0.25, 0.3) is 0 Å². The molecule has 7 nitrogen and oxygen atoms in total. The van der Waals surface area contributed by atoms with Crippen LogP contribution < -0.4 is 10.0 Å². The number of carbonyl (C=O) groups excluding carboxylic acids is 1. The van der Waals surface area contributed by atoms with Crippen molar-refractivity contribution in [3.63, 3.8) is 0 Å². The Morgan fingerprint density at radius 3 is 2.80 bits per heavy atom. The van der Waals surface area contributed by atoms with Gasteiger partial charge < -0.3 is 10.4 Å². The number of nitrogens with zero attached hydrogens (tertiary/aromatic N) is 1. The highest BCUT2D eigenvalue weighted by atomic mass is 32.2. The average Bonchev–Trinajstić information content (AvgIpc) is 3.31. The summed E-state index contributed by atoms with van der Waals surface area (Å²) in [6.45, 7) is 1.90. The largest absolute Gasteiger partial charge is 0.391 e. The fraction of sp³-hybridized carbons (Fsp3) is 0.476. The van der Waals surface area contributed by atoms with E-state index in [2.05, 4.69) is 10.0 Å². The van der Waals surface area contributed by atoms with Crippen molar-refractivity contribution in [2.75, 3.05) is 18.4 Å². The molecule has 5 unspecified atom stereocenters. The fourth-order valence-electron chi connectivity index (χ4n) is 4.50. The Bertz CT molecular complexity index is 994. The van der Waals surface area contributed by atoms with Gasteiger partial charge in [-0.05, 0) is 49.4 Å². The Hall–Kier alpha value is -2.07. The number of aliphatic hydroxyl groups excluding tert-OH is 1. The molecular formula is C21H26FN3O4S. The Kier molecular flexibility index (Phi) is 5.80. The minimum Gasteiger partial charge on any atom is -0.391 e. The highest BCUT2D eigenvalue weighted by Crippen LogP contribution is 2.37. The molecule has 3 aliphatic rings. The maximum absolute atomic E-state index is 13.4. The quantitative estimate of drug-likeness (QED) is 0.656. The van der Waals surface area contributed by atoms with Gasteiger partial charge in [0.2, 0.25) is 5.91 Å². The monoisotopic (exact) mass is 435 g/mol. The summed E-state index contributed by atoms with van der Waals surface area (Å²) in [5.41, 5.74) is 0.906. The number of allylic oxidation sites excluding steroid dienone is 3. The predicted molar refractivity (Wildman–Crippen MR) is 111 cm³/mol. The first-order chi connectivity index (χ1) is 14.2. The van der Waals surface area contributed by atoms with Gasteiger partial charge in [-0.25, -0.2) is 4.39 Å². The third-order valence-corrected chi connectivity index (χ3v) is 7.79. The normalized spacial score (nSPS) is 31.1. The molecule has 1 saturated carbocycles. The summed E-state index contributed by atoms with van der Waals surface area (Å²) in [6, 6.07) is 3.73. The predicted octanol–water partition coefficient (Wildman–Crippen LogP) is 1.72. The Morgan fingerprint density at radius 2 is 2.03 bits per heavy atom. The molecule has 0 spiro atoms. The molecule has 1 aromatic carbocycles. The summed E-state index contributed by atoms with van der Waals surface area (Å²) < 4.78 is 43.1. The van der Waals surface area contributed by atoms with E-state index in [1.165, 1.54) is 16.4 Å². The van der Waals surface area contributed by atoms with Crippen molar-refractivity contribution in [1.29, 1.82) is 0 Å². The molecule has 1 heterocycles. The topological polar surface area (TPSA) is 98.7 Å². The molecule has 0 aromatic heterocycles. The Morgan fingerprint density at radius 1 is 1.27 bits per heavy atom. The number of benzene rings is 1. The summed E-state index contributed by atoms with van der Waals surface area (Å²) in [5.74, 6) is -1.10. The van der Waals surface area contributed by atoms with Gasteiger partial charge in [-0.15, -0.1) is 0 Å². The highest BCUT2D eigenvalue weighted by molar-refractivity contribution is 7.87. The lowest BCUT2D eigenvalue weighted by Crippen LogP contribution is -2.49. The number of nitrogens with one attached hydrogen (secondary N) is 2. The van der Waals surface area contributed by atoms with E-state index in [4.69, 9.17) is 0 Å². The molecule has 3 N–H and O–H groups in total. The summed E-state index contributed by atoms with van der Waals surface area (Å²) in [5, 5.41) is 13.1. The lowest BCUT2D eigenvalue weighted by atomic mass is 9.90. The van der Waals surface area contributed by atoms with Crippen molar-refractivity contribution >= 4 is 21.8 Å². The Balaban J connectivity index is 1.38. The first-order valence-corrected chi connectivity index (χ1v) is 11.6. The third-order valence-electron chi connectivity index (χ3n) is 6.21. The second-order valence-electron chi connectivity index (χ2n) is 8.26. The van der Waals surface area contributed by atoms with E-state index in [0.29, 0.717) is 24.1 Å². The van der Waals surface area contributed by atoms with Gasteiger partial charge in [0.15, 0.2) is 0 Å². The van der Waals surface area contributed by atoms with Gasteiger partial charge in [-0.1, -0.05) is 24.3 Å². The summed E-state index contributed by atoms with van der Waals surface area (Å²) in [7, 11) is -3.84. The van der Waals surface area contributed by atoms with Gasteiger partial charge in [0.05, 0.1) is 18.1 Å². The number of halogens is 1. The van der Waals surface area contributed by atoms with E-state index in [1.54, 1.807) is 13.0 Å². The van der Waals surface area contributed by atoms with E-state index >= 15 is 0 Å². The van der Waals surface area contributed by atoms with Crippen LogP contribution in [0.4, 0.5) is 10.1 Å². The van der Waals surface area contributed by atoms with E-state index in [-0.39, 0.29) is 36.6 Å². The number of rotatable bonds is 5. The molecule has 30 heavy (non-hydrogen) atoms. The summed E-state index contributed by atoms with van der Waals surface area (Å²) in [4.78, 5) is 12.6. The number of aryl methyl sites for hydroxylation is 1. The number of carbonyl (C=O) groups is 1. The van der Waals surface area contributed by atoms with Crippen LogP contribution in [0.15, 0.2) is 42.5 Å². The van der Waals surface area contributed by atoms with Crippen LogP contribution in [0, 0.1) is 30.5 Å². The summed E-state index contributed by atoms with van der Waals surface area (Å²) in [6.07, 6.45) is 7.86. The standard InChI is InChI=1S/C21H26FN3O4S/c1-13-10-16(6-7-18(13)22)23-21(27)15-8-9-25(12-15)30(28,29)24-20-17-5-3-2-4-14(17)11-19(20)26/h2-7,10,14-15,17,19-20,24,26H,8-9,11-12H2,1H3,(H,23,27). The maximum atomic E-state index is 13.4. The first kappa shape index (κ1) is 21.2. The minimum absolute atomic E-state index is 0.0635. The Labute approximate surface area is 175 Å². The molecule has 162 valence electrons. The number of hydrogen-bond donors (Lipinski definition) is 3. The molecule has 1 saturated heterocycles. The van der Waals surface area contributed by atoms with Gasteiger partial charge in [-0.2, -0.15) is 17.4 Å². The third kappa shape index (κ3) is 4.20. The number of aliphatic hydroxyl groups is 1. The maximum Gasteiger partial charge on any atom is 0.279 e. The van der Waals surface area contributed by atoms with E-state index in [9.17, 15) is 22.7 Å². The molecular weight excluding hydrogens is 409 g/mol. The molecule has 2 fully saturated rings. The summed E-state index contributed by atoms with van der Waals surface area (Å²) >= 11 is 0. The van der Waals surface area contributed by atoms with Gasteiger partial charge >= 0.3 is 0 Å². The van der Waals surface area contributed by atoms with Gasteiger partial charge in [0.25, 0.3) is 10.2 Å². The van der Waals surface area contributed by atoms with Crippen LogP contribution in [-0.4, -0.2) is 49.0 Å². The van der Waals surface area contributed by atoms with Crippen LogP contribution in [0.2, 0.25) is 0 Å². The van der Waals surface area contributed by atoms with Gasteiger partial charge in [0.1, 0.15) is 5.82 Å². The molecule has 1 aromatic rings. The molecule has 0 bridgehead atoms. The highest BCUT2D eigenvalue weighted by Gasteiger charge is 2.44. The van der Waals surface area contributed by atoms with Crippen molar-refractivity contribution < 1.29 is 22.7 Å². The van der Waals surface area contributed by atoms with Crippen LogP contribution in [0.3, 0.4) is 0 Å².